The number of aryl methyl sites for hydroxylation is 1. The maximum absolute atomic E-state index is 10.3. The highest BCUT2D eigenvalue weighted by Gasteiger charge is 2.51. The third-order valence-corrected chi connectivity index (χ3v) is 6.39. The largest absolute Gasteiger partial charge is 0.504 e. The van der Waals surface area contributed by atoms with Gasteiger partial charge in [-0.2, -0.15) is 0 Å². The Kier molecular flexibility index (Phi) is 3.21. The summed E-state index contributed by atoms with van der Waals surface area (Å²) in [6.07, 6.45) is 3.47. The second kappa shape index (κ2) is 5.25. The number of hydrogen-bond donors (Lipinski definition) is 1. The SMILES string of the molecule is CC1(C)Oc2c(O)cccc2[C@H]2O[C@H]3CCc4ccccc4[C@@H]3C[C@@H]21. The van der Waals surface area contributed by atoms with Gasteiger partial charge in [-0.25, -0.2) is 0 Å². The van der Waals surface area contributed by atoms with E-state index in [1.807, 2.05) is 12.1 Å². The molecule has 0 unspecified atom stereocenters. The predicted molar refractivity (Wildman–Crippen MR) is 96.0 cm³/mol. The lowest BCUT2D eigenvalue weighted by Crippen LogP contribution is -2.51. The van der Waals surface area contributed by atoms with Gasteiger partial charge in [-0.3, -0.25) is 0 Å². The molecular weight excluding hydrogens is 312 g/mol. The van der Waals surface area contributed by atoms with Crippen LogP contribution >= 0.6 is 0 Å². The standard InChI is InChI=1S/C22H24O3/c1-22(2)17-12-16-14-7-4-3-6-13(14)10-11-19(16)24-20(17)15-8-5-9-18(23)21(15)25-22/h3-9,16-17,19-20,23H,10-12H2,1-2H3/t16-,17-,19-,20+/m0/s1. The van der Waals surface area contributed by atoms with Gasteiger partial charge in [0, 0.05) is 17.4 Å². The van der Waals surface area contributed by atoms with Gasteiger partial charge in [0.2, 0.25) is 0 Å². The zero-order valence-corrected chi connectivity index (χ0v) is 14.7. The van der Waals surface area contributed by atoms with E-state index in [2.05, 4.69) is 38.1 Å². The van der Waals surface area contributed by atoms with E-state index in [-0.39, 0.29) is 29.5 Å². The highest BCUT2D eigenvalue weighted by molar-refractivity contribution is 5.49. The Labute approximate surface area is 148 Å². The highest BCUT2D eigenvalue weighted by Crippen LogP contribution is 2.57. The van der Waals surface area contributed by atoms with Crippen LogP contribution in [-0.4, -0.2) is 16.8 Å². The highest BCUT2D eigenvalue weighted by atomic mass is 16.5. The summed E-state index contributed by atoms with van der Waals surface area (Å²) in [7, 11) is 0. The van der Waals surface area contributed by atoms with Gasteiger partial charge in [-0.15, -0.1) is 0 Å². The number of aromatic hydroxyl groups is 1. The van der Waals surface area contributed by atoms with Crippen molar-refractivity contribution in [2.45, 2.75) is 56.8 Å². The zero-order chi connectivity index (χ0) is 17.2. The molecule has 0 radical (unpaired) electrons. The van der Waals surface area contributed by atoms with Gasteiger partial charge >= 0.3 is 0 Å². The van der Waals surface area contributed by atoms with Gasteiger partial charge < -0.3 is 14.6 Å². The second-order valence-corrected chi connectivity index (χ2v) is 8.18. The predicted octanol–water partition coefficient (Wildman–Crippen LogP) is 4.74. The van der Waals surface area contributed by atoms with E-state index in [9.17, 15) is 5.11 Å². The van der Waals surface area contributed by atoms with Crippen LogP contribution in [0, 0.1) is 5.92 Å². The molecule has 3 nitrogen and oxygen atoms in total. The molecule has 3 aliphatic rings. The van der Waals surface area contributed by atoms with Gasteiger partial charge in [0.25, 0.3) is 0 Å². The molecule has 25 heavy (non-hydrogen) atoms. The maximum atomic E-state index is 10.3. The van der Waals surface area contributed by atoms with Crippen LogP contribution < -0.4 is 4.74 Å². The van der Waals surface area contributed by atoms with Crippen LogP contribution in [0.4, 0.5) is 0 Å². The summed E-state index contributed by atoms with van der Waals surface area (Å²) in [6.45, 7) is 4.25. The van der Waals surface area contributed by atoms with Gasteiger partial charge in [0.05, 0.1) is 12.2 Å². The van der Waals surface area contributed by atoms with Crippen molar-refractivity contribution in [1.82, 2.24) is 0 Å². The van der Waals surface area contributed by atoms with Crippen molar-refractivity contribution in [2.75, 3.05) is 0 Å². The van der Waals surface area contributed by atoms with E-state index in [0.29, 0.717) is 11.7 Å². The second-order valence-electron chi connectivity index (χ2n) is 8.18. The molecule has 4 atom stereocenters. The summed E-state index contributed by atoms with van der Waals surface area (Å²) >= 11 is 0. The summed E-state index contributed by atoms with van der Waals surface area (Å²) in [4.78, 5) is 0. The third-order valence-electron chi connectivity index (χ3n) is 6.39. The quantitative estimate of drug-likeness (QED) is 0.755. The van der Waals surface area contributed by atoms with Crippen molar-refractivity contribution in [3.05, 3.63) is 59.2 Å². The first-order valence-corrected chi connectivity index (χ1v) is 9.29. The molecule has 0 bridgehead atoms. The Balaban J connectivity index is 1.58. The van der Waals surface area contributed by atoms with E-state index in [1.165, 1.54) is 11.1 Å². The van der Waals surface area contributed by atoms with Crippen LogP contribution in [0.25, 0.3) is 0 Å². The average Bonchev–Trinajstić information content (AvgIpc) is 2.61. The lowest BCUT2D eigenvalue weighted by Gasteiger charge is -2.52. The number of benzene rings is 2. The first-order valence-electron chi connectivity index (χ1n) is 9.29. The van der Waals surface area contributed by atoms with Crippen LogP contribution in [0.1, 0.15) is 55.4 Å². The topological polar surface area (TPSA) is 38.7 Å². The van der Waals surface area contributed by atoms with Crippen LogP contribution in [0.15, 0.2) is 42.5 Å². The van der Waals surface area contributed by atoms with Gasteiger partial charge in [-0.05, 0) is 50.3 Å². The van der Waals surface area contributed by atoms with Gasteiger partial charge in [-0.1, -0.05) is 36.4 Å². The fourth-order valence-corrected chi connectivity index (χ4v) is 5.10. The van der Waals surface area contributed by atoms with Crippen molar-refractivity contribution in [3.63, 3.8) is 0 Å². The molecule has 0 spiro atoms. The minimum absolute atomic E-state index is 0.00244. The van der Waals surface area contributed by atoms with Crippen molar-refractivity contribution in [2.24, 2.45) is 5.92 Å². The average molecular weight is 336 g/mol. The molecule has 0 aromatic heterocycles. The molecular formula is C22H24O3. The Morgan fingerprint density at radius 3 is 2.72 bits per heavy atom. The molecule has 1 N–H and O–H groups in total. The number of hydrogen-bond acceptors (Lipinski definition) is 3. The molecule has 3 heteroatoms. The molecule has 130 valence electrons. The van der Waals surface area contributed by atoms with E-state index >= 15 is 0 Å². The monoisotopic (exact) mass is 336 g/mol. The molecule has 0 saturated carbocycles. The Hall–Kier alpha value is -2.00. The summed E-state index contributed by atoms with van der Waals surface area (Å²) in [5.74, 6) is 1.52. The summed E-state index contributed by atoms with van der Waals surface area (Å²) in [6, 6.07) is 14.4. The zero-order valence-electron chi connectivity index (χ0n) is 14.7. The van der Waals surface area contributed by atoms with E-state index in [1.54, 1.807) is 6.07 Å². The Morgan fingerprint density at radius 1 is 1.04 bits per heavy atom. The first kappa shape index (κ1) is 15.3. The molecule has 2 aliphatic heterocycles. The molecule has 0 amide bonds. The van der Waals surface area contributed by atoms with Gasteiger partial charge in [0.15, 0.2) is 11.5 Å². The molecule has 2 heterocycles. The van der Waals surface area contributed by atoms with Crippen LogP contribution in [0.3, 0.4) is 0 Å². The Bertz CT molecular complexity index is 826. The van der Waals surface area contributed by atoms with E-state index < -0.39 is 0 Å². The Morgan fingerprint density at radius 2 is 1.84 bits per heavy atom. The smallest absolute Gasteiger partial charge is 0.167 e. The number of phenolic OH excluding ortho intramolecular Hbond substituents is 1. The van der Waals surface area contributed by atoms with Crippen molar-refractivity contribution >= 4 is 0 Å². The lowest BCUT2D eigenvalue weighted by molar-refractivity contribution is -0.162. The number of phenols is 1. The number of fused-ring (bicyclic) bond motifs is 6. The number of para-hydroxylation sites is 1. The number of ether oxygens (including phenoxy) is 2. The summed E-state index contributed by atoms with van der Waals surface area (Å²) in [5.41, 5.74) is 3.56. The lowest BCUT2D eigenvalue weighted by atomic mass is 9.67. The summed E-state index contributed by atoms with van der Waals surface area (Å²) in [5, 5.41) is 10.3. The van der Waals surface area contributed by atoms with Gasteiger partial charge in [0.1, 0.15) is 5.60 Å². The van der Waals surface area contributed by atoms with Crippen LogP contribution in [-0.2, 0) is 11.2 Å². The molecule has 2 aromatic rings. The van der Waals surface area contributed by atoms with Crippen molar-refractivity contribution in [1.29, 1.82) is 0 Å². The summed E-state index contributed by atoms with van der Waals surface area (Å²) < 4.78 is 12.9. The molecule has 1 fully saturated rings. The molecule has 5 rings (SSSR count). The van der Waals surface area contributed by atoms with Crippen LogP contribution in [0.5, 0.6) is 11.5 Å². The fourth-order valence-electron chi connectivity index (χ4n) is 5.10. The van der Waals surface area contributed by atoms with Crippen molar-refractivity contribution < 1.29 is 14.6 Å². The van der Waals surface area contributed by atoms with E-state index in [4.69, 9.17) is 9.47 Å². The minimum Gasteiger partial charge on any atom is -0.504 e. The number of rotatable bonds is 0. The first-order chi connectivity index (χ1) is 12.0. The normalized spacial score (nSPS) is 31.8. The van der Waals surface area contributed by atoms with Crippen molar-refractivity contribution in [3.8, 4) is 11.5 Å². The maximum Gasteiger partial charge on any atom is 0.167 e. The fraction of sp³-hybridized carbons (Fsp3) is 0.455. The molecule has 2 aromatic carbocycles. The van der Waals surface area contributed by atoms with Crippen LogP contribution in [0.2, 0.25) is 0 Å². The minimum atomic E-state index is -0.367. The third kappa shape index (κ3) is 2.22. The molecule has 1 saturated heterocycles. The van der Waals surface area contributed by atoms with E-state index in [0.717, 1.165) is 24.8 Å². The molecule has 1 aliphatic carbocycles.